The average molecular weight is 513 g/mol. The van der Waals surface area contributed by atoms with Gasteiger partial charge in [-0.2, -0.15) is 0 Å². The second-order valence-electron chi connectivity index (χ2n) is 9.34. The van der Waals surface area contributed by atoms with Crippen molar-refractivity contribution in [2.75, 3.05) is 20.8 Å². The van der Waals surface area contributed by atoms with Gasteiger partial charge in [-0.05, 0) is 31.2 Å². The molecule has 200 valence electrons. The van der Waals surface area contributed by atoms with E-state index in [1.54, 1.807) is 25.1 Å². The number of rotatable bonds is 7. The van der Waals surface area contributed by atoms with E-state index in [4.69, 9.17) is 28.4 Å². The van der Waals surface area contributed by atoms with E-state index in [1.807, 2.05) is 0 Å². The van der Waals surface area contributed by atoms with Crippen LogP contribution in [0.4, 0.5) is 0 Å². The SMILES string of the molecule is COc1ccc(C(=O)O[C@@H]2C[C@](C)(O)[C@H]3[C@H](O[C@H]4O[C@H](CO)[C@H](O)[C@@H](O)[C@H]4O)OC=C[C@H]32)cc1OC. The molecule has 10 atom stereocenters. The van der Waals surface area contributed by atoms with Crippen LogP contribution in [0.15, 0.2) is 30.5 Å². The molecule has 5 N–H and O–H groups in total. The lowest BCUT2D eigenvalue weighted by Gasteiger charge is -2.43. The van der Waals surface area contributed by atoms with E-state index < -0.39 is 73.1 Å². The Morgan fingerprint density at radius 3 is 2.47 bits per heavy atom. The normalized spacial score (nSPS) is 39.7. The lowest BCUT2D eigenvalue weighted by molar-refractivity contribution is -0.346. The topological polar surface area (TPSA) is 174 Å². The summed E-state index contributed by atoms with van der Waals surface area (Å²) in [6.45, 7) is 0.940. The van der Waals surface area contributed by atoms with Crippen LogP contribution in [-0.4, -0.2) is 101 Å². The number of fused-ring (bicyclic) bond motifs is 1. The van der Waals surface area contributed by atoms with Gasteiger partial charge in [0, 0.05) is 12.3 Å². The number of aliphatic hydroxyl groups excluding tert-OH is 4. The molecule has 2 heterocycles. The molecule has 0 spiro atoms. The maximum absolute atomic E-state index is 12.9. The molecular weight excluding hydrogens is 480 g/mol. The minimum Gasteiger partial charge on any atom is -0.493 e. The zero-order valence-corrected chi connectivity index (χ0v) is 20.1. The summed E-state index contributed by atoms with van der Waals surface area (Å²) in [7, 11) is 2.94. The predicted molar refractivity (Wildman–Crippen MR) is 120 cm³/mol. The Balaban J connectivity index is 1.49. The van der Waals surface area contributed by atoms with Gasteiger partial charge in [-0.25, -0.2) is 4.79 Å². The number of methoxy groups -OCH3 is 2. The molecule has 1 saturated heterocycles. The summed E-state index contributed by atoms with van der Waals surface area (Å²) in [5.41, 5.74) is -1.17. The van der Waals surface area contributed by atoms with Crippen LogP contribution in [0, 0.1) is 11.8 Å². The maximum atomic E-state index is 12.9. The van der Waals surface area contributed by atoms with Gasteiger partial charge in [0.2, 0.25) is 6.29 Å². The molecule has 12 nitrogen and oxygen atoms in total. The van der Waals surface area contributed by atoms with Crippen molar-refractivity contribution in [1.82, 2.24) is 0 Å². The van der Waals surface area contributed by atoms with Gasteiger partial charge in [-0.15, -0.1) is 0 Å². The fraction of sp³-hybridized carbons (Fsp3) is 0.625. The van der Waals surface area contributed by atoms with Crippen LogP contribution in [0.1, 0.15) is 23.7 Å². The summed E-state index contributed by atoms with van der Waals surface area (Å²) in [5, 5.41) is 51.0. The Morgan fingerprint density at radius 1 is 1.08 bits per heavy atom. The molecule has 36 heavy (non-hydrogen) atoms. The van der Waals surface area contributed by atoms with Crippen molar-refractivity contribution in [1.29, 1.82) is 0 Å². The Hall–Kier alpha value is -2.45. The largest absolute Gasteiger partial charge is 0.493 e. The molecule has 2 fully saturated rings. The number of esters is 1. The van der Waals surface area contributed by atoms with Gasteiger partial charge < -0.3 is 54.0 Å². The highest BCUT2D eigenvalue weighted by molar-refractivity contribution is 5.90. The Kier molecular flexibility index (Phi) is 7.76. The van der Waals surface area contributed by atoms with Gasteiger partial charge in [0.1, 0.15) is 30.5 Å². The van der Waals surface area contributed by atoms with Crippen LogP contribution < -0.4 is 9.47 Å². The second kappa shape index (κ2) is 10.5. The minimum absolute atomic E-state index is 0.0730. The summed E-state index contributed by atoms with van der Waals surface area (Å²) >= 11 is 0. The van der Waals surface area contributed by atoms with Gasteiger partial charge in [0.25, 0.3) is 0 Å². The first-order valence-corrected chi connectivity index (χ1v) is 11.5. The molecule has 0 bridgehead atoms. The van der Waals surface area contributed by atoms with E-state index in [1.165, 1.54) is 26.5 Å². The van der Waals surface area contributed by atoms with Gasteiger partial charge in [0.15, 0.2) is 17.8 Å². The van der Waals surface area contributed by atoms with Crippen molar-refractivity contribution >= 4 is 5.97 Å². The number of ether oxygens (including phenoxy) is 6. The predicted octanol–water partition coefficient (Wildman–Crippen LogP) is -0.697. The summed E-state index contributed by atoms with van der Waals surface area (Å²) < 4.78 is 33.0. The molecule has 0 amide bonds. The molecule has 1 aromatic carbocycles. The van der Waals surface area contributed by atoms with Crippen LogP contribution in [-0.2, 0) is 18.9 Å². The second-order valence-corrected chi connectivity index (χ2v) is 9.34. The third-order valence-electron chi connectivity index (χ3n) is 6.98. The van der Waals surface area contributed by atoms with E-state index in [0.29, 0.717) is 11.5 Å². The zero-order valence-electron chi connectivity index (χ0n) is 20.1. The van der Waals surface area contributed by atoms with Crippen molar-refractivity contribution < 1.29 is 58.7 Å². The van der Waals surface area contributed by atoms with Gasteiger partial charge in [0.05, 0.1) is 44.2 Å². The molecule has 1 aromatic rings. The van der Waals surface area contributed by atoms with Crippen molar-refractivity contribution in [3.8, 4) is 11.5 Å². The fourth-order valence-electron chi connectivity index (χ4n) is 5.06. The Morgan fingerprint density at radius 2 is 1.81 bits per heavy atom. The number of hydrogen-bond acceptors (Lipinski definition) is 12. The summed E-state index contributed by atoms with van der Waals surface area (Å²) in [6.07, 6.45) is -6.24. The standard InChI is InChI=1S/C24H32O12/c1-24(30)9-15(34-21(29)11-4-5-13(31-2)14(8-11)32-3)12-6-7-33-22(17(12)24)36-23-20(28)19(27)18(26)16(10-25)35-23/h4-8,12,15-20,22-23,25-28,30H,9-10H2,1-3H3/t12-,15+,16+,17+,18-,19+,20+,22-,23+,24-/m0/s1. The van der Waals surface area contributed by atoms with Crippen LogP contribution in [0.2, 0.25) is 0 Å². The quantitative estimate of drug-likeness (QED) is 0.291. The number of aliphatic hydroxyl groups is 5. The minimum atomic E-state index is -1.64. The summed E-state index contributed by atoms with van der Waals surface area (Å²) in [4.78, 5) is 12.9. The first kappa shape index (κ1) is 26.6. The lowest BCUT2D eigenvalue weighted by Crippen LogP contribution is -2.60. The number of carbonyl (C=O) groups excluding carboxylic acids is 1. The maximum Gasteiger partial charge on any atom is 0.338 e. The van der Waals surface area contributed by atoms with Crippen LogP contribution in [0.3, 0.4) is 0 Å². The third kappa shape index (κ3) is 4.90. The smallest absolute Gasteiger partial charge is 0.338 e. The van der Waals surface area contributed by atoms with Crippen molar-refractivity contribution in [3.63, 3.8) is 0 Å². The summed E-state index contributed by atoms with van der Waals surface area (Å²) in [5.74, 6) is -1.05. The summed E-state index contributed by atoms with van der Waals surface area (Å²) in [6, 6.07) is 4.62. The Labute approximate surface area is 207 Å². The molecule has 4 rings (SSSR count). The van der Waals surface area contributed by atoms with E-state index in [0.717, 1.165) is 0 Å². The molecule has 1 aliphatic carbocycles. The number of benzene rings is 1. The molecule has 0 aromatic heterocycles. The van der Waals surface area contributed by atoms with Crippen molar-refractivity contribution in [3.05, 3.63) is 36.1 Å². The zero-order chi connectivity index (χ0) is 26.2. The third-order valence-corrected chi connectivity index (χ3v) is 6.98. The monoisotopic (exact) mass is 512 g/mol. The van der Waals surface area contributed by atoms with E-state index in [-0.39, 0.29) is 12.0 Å². The van der Waals surface area contributed by atoms with E-state index in [9.17, 15) is 30.3 Å². The molecule has 0 radical (unpaired) electrons. The highest BCUT2D eigenvalue weighted by Crippen LogP contribution is 2.48. The van der Waals surface area contributed by atoms with Crippen LogP contribution >= 0.6 is 0 Å². The Bertz CT molecular complexity index is 962. The molecule has 3 aliphatic rings. The van der Waals surface area contributed by atoms with Crippen LogP contribution in [0.25, 0.3) is 0 Å². The highest BCUT2D eigenvalue weighted by Gasteiger charge is 2.58. The molecule has 0 unspecified atom stereocenters. The molecule has 12 heteroatoms. The lowest BCUT2D eigenvalue weighted by atomic mass is 9.85. The first-order valence-electron chi connectivity index (χ1n) is 11.5. The number of carbonyl (C=O) groups is 1. The number of hydrogen-bond donors (Lipinski definition) is 5. The van der Waals surface area contributed by atoms with Crippen molar-refractivity contribution in [2.24, 2.45) is 11.8 Å². The molecule has 1 saturated carbocycles. The highest BCUT2D eigenvalue weighted by atomic mass is 16.8. The average Bonchev–Trinajstić information content (AvgIpc) is 3.13. The van der Waals surface area contributed by atoms with Gasteiger partial charge in [-0.3, -0.25) is 0 Å². The van der Waals surface area contributed by atoms with Gasteiger partial charge in [-0.1, -0.05) is 0 Å². The first-order chi connectivity index (χ1) is 17.1. The molecule has 2 aliphatic heterocycles. The van der Waals surface area contributed by atoms with Gasteiger partial charge >= 0.3 is 5.97 Å². The van der Waals surface area contributed by atoms with Crippen molar-refractivity contribution in [2.45, 2.75) is 62.0 Å². The fourth-order valence-corrected chi connectivity index (χ4v) is 5.06. The van der Waals surface area contributed by atoms with Crippen LogP contribution in [0.5, 0.6) is 11.5 Å². The van der Waals surface area contributed by atoms with E-state index >= 15 is 0 Å². The van der Waals surface area contributed by atoms with E-state index in [2.05, 4.69) is 0 Å². The molecular formula is C24H32O12.